The Morgan fingerprint density at radius 3 is 2.00 bits per heavy atom. The van der Waals surface area contributed by atoms with Gasteiger partial charge in [0.1, 0.15) is 0 Å². The highest BCUT2D eigenvalue weighted by molar-refractivity contribution is 5.78. The van der Waals surface area contributed by atoms with Gasteiger partial charge in [0.05, 0.1) is 0 Å². The van der Waals surface area contributed by atoms with E-state index in [-0.39, 0.29) is 5.41 Å². The molecule has 0 nitrogen and oxygen atoms in total. The third kappa shape index (κ3) is 2.18. The van der Waals surface area contributed by atoms with Gasteiger partial charge in [0.2, 0.25) is 0 Å². The molecule has 0 saturated carbocycles. The number of allylic oxidation sites excluding steroid dienone is 2. The van der Waals surface area contributed by atoms with Crippen LogP contribution in [0.2, 0.25) is 0 Å². The molecule has 2 rings (SSSR count). The highest BCUT2D eigenvalue weighted by Crippen LogP contribution is 2.50. The van der Waals surface area contributed by atoms with Crippen LogP contribution in [0.3, 0.4) is 0 Å². The summed E-state index contributed by atoms with van der Waals surface area (Å²) in [5, 5.41) is 0. The van der Waals surface area contributed by atoms with Crippen LogP contribution in [0.15, 0.2) is 30.3 Å². The normalized spacial score (nSPS) is 20.1. The summed E-state index contributed by atoms with van der Waals surface area (Å²) in [6.07, 6.45) is 2.49. The van der Waals surface area contributed by atoms with E-state index in [1.165, 1.54) is 16.7 Å². The minimum Gasteiger partial charge on any atom is -0.0721 e. The van der Waals surface area contributed by atoms with Gasteiger partial charge in [-0.2, -0.15) is 0 Å². The zero-order chi connectivity index (χ0) is 12.8. The summed E-state index contributed by atoms with van der Waals surface area (Å²) in [4.78, 5) is 0. The number of fused-ring (bicyclic) bond motifs is 1. The van der Waals surface area contributed by atoms with Crippen molar-refractivity contribution in [3.05, 3.63) is 41.5 Å². The predicted molar refractivity (Wildman–Crippen MR) is 76.1 cm³/mol. The monoisotopic (exact) mass is 228 g/mol. The quantitative estimate of drug-likeness (QED) is 0.568. The fraction of sp³-hybridized carbons (Fsp3) is 0.529. The third-order valence-electron chi connectivity index (χ3n) is 3.66. The molecule has 0 heteroatoms. The van der Waals surface area contributed by atoms with Crippen LogP contribution < -0.4 is 0 Å². The standard InChI is InChI=1S/C17H24/c1-16(2,3)14-11-15(17(4,5)6)13-10-8-7-9-12(13)14/h7-11,14H,1-6H3. The Bertz CT molecular complexity index is 450. The summed E-state index contributed by atoms with van der Waals surface area (Å²) in [6, 6.07) is 8.89. The van der Waals surface area contributed by atoms with Crippen LogP contribution in [0.25, 0.3) is 5.57 Å². The lowest BCUT2D eigenvalue weighted by Gasteiger charge is -2.26. The van der Waals surface area contributed by atoms with Crippen molar-refractivity contribution in [3.63, 3.8) is 0 Å². The summed E-state index contributed by atoms with van der Waals surface area (Å²) in [5.41, 5.74) is 5.00. The molecule has 17 heavy (non-hydrogen) atoms. The van der Waals surface area contributed by atoms with Crippen LogP contribution in [-0.2, 0) is 0 Å². The number of hydrogen-bond donors (Lipinski definition) is 0. The Balaban J connectivity index is 2.58. The fourth-order valence-corrected chi connectivity index (χ4v) is 2.73. The van der Waals surface area contributed by atoms with Crippen LogP contribution >= 0.6 is 0 Å². The van der Waals surface area contributed by atoms with Crippen molar-refractivity contribution in [2.45, 2.75) is 47.5 Å². The van der Waals surface area contributed by atoms with E-state index in [9.17, 15) is 0 Å². The maximum absolute atomic E-state index is 2.49. The average Bonchev–Trinajstić information content (AvgIpc) is 2.55. The molecule has 0 spiro atoms. The molecule has 0 radical (unpaired) electrons. The van der Waals surface area contributed by atoms with Gasteiger partial charge in [-0.1, -0.05) is 71.9 Å². The molecule has 0 bridgehead atoms. The Labute approximate surface area is 106 Å². The molecule has 0 fully saturated rings. The van der Waals surface area contributed by atoms with Gasteiger partial charge in [-0.15, -0.1) is 0 Å². The van der Waals surface area contributed by atoms with Gasteiger partial charge < -0.3 is 0 Å². The number of rotatable bonds is 0. The van der Waals surface area contributed by atoms with Crippen molar-refractivity contribution in [2.24, 2.45) is 10.8 Å². The molecule has 1 unspecified atom stereocenters. The summed E-state index contributed by atoms with van der Waals surface area (Å²) in [6.45, 7) is 13.9. The minimum absolute atomic E-state index is 0.232. The first-order valence-corrected chi connectivity index (χ1v) is 6.53. The first-order chi connectivity index (χ1) is 7.71. The Kier molecular flexibility index (Phi) is 2.72. The van der Waals surface area contributed by atoms with Gasteiger partial charge in [0, 0.05) is 5.92 Å². The molecular weight excluding hydrogens is 204 g/mol. The van der Waals surface area contributed by atoms with Crippen molar-refractivity contribution in [3.8, 4) is 0 Å². The summed E-state index contributed by atoms with van der Waals surface area (Å²) >= 11 is 0. The Morgan fingerprint density at radius 2 is 1.47 bits per heavy atom. The van der Waals surface area contributed by atoms with Gasteiger partial charge in [-0.25, -0.2) is 0 Å². The van der Waals surface area contributed by atoms with Gasteiger partial charge in [-0.05, 0) is 27.5 Å². The second-order valence-corrected chi connectivity index (χ2v) is 7.26. The van der Waals surface area contributed by atoms with E-state index in [2.05, 4.69) is 71.9 Å². The SMILES string of the molecule is CC(C)(C)C1=CC(C(C)(C)C)c2ccccc21. The van der Waals surface area contributed by atoms with Gasteiger partial charge >= 0.3 is 0 Å². The fourth-order valence-electron chi connectivity index (χ4n) is 2.73. The molecule has 1 aromatic carbocycles. The Morgan fingerprint density at radius 1 is 0.882 bits per heavy atom. The van der Waals surface area contributed by atoms with E-state index in [4.69, 9.17) is 0 Å². The van der Waals surface area contributed by atoms with E-state index in [0.29, 0.717) is 11.3 Å². The molecule has 1 aliphatic rings. The second kappa shape index (κ2) is 3.73. The second-order valence-electron chi connectivity index (χ2n) is 7.26. The molecule has 0 amide bonds. The molecular formula is C17H24. The molecule has 92 valence electrons. The molecule has 0 aliphatic heterocycles. The lowest BCUT2D eigenvalue weighted by Crippen LogP contribution is -2.14. The van der Waals surface area contributed by atoms with Crippen LogP contribution in [0.4, 0.5) is 0 Å². The molecule has 1 atom stereocenters. The topological polar surface area (TPSA) is 0 Å². The number of hydrogen-bond acceptors (Lipinski definition) is 0. The van der Waals surface area contributed by atoms with Gasteiger partial charge in [0.25, 0.3) is 0 Å². The van der Waals surface area contributed by atoms with E-state index in [1.807, 2.05) is 0 Å². The predicted octanol–water partition coefficient (Wildman–Crippen LogP) is 5.26. The lowest BCUT2D eigenvalue weighted by atomic mass is 9.78. The van der Waals surface area contributed by atoms with E-state index >= 15 is 0 Å². The summed E-state index contributed by atoms with van der Waals surface area (Å²) < 4.78 is 0. The van der Waals surface area contributed by atoms with Crippen LogP contribution in [0.5, 0.6) is 0 Å². The first-order valence-electron chi connectivity index (χ1n) is 6.53. The molecule has 0 N–H and O–H groups in total. The van der Waals surface area contributed by atoms with E-state index < -0.39 is 0 Å². The lowest BCUT2D eigenvalue weighted by molar-refractivity contribution is 0.369. The first kappa shape index (κ1) is 12.4. The highest BCUT2D eigenvalue weighted by atomic mass is 14.4. The third-order valence-corrected chi connectivity index (χ3v) is 3.66. The zero-order valence-electron chi connectivity index (χ0n) is 12.0. The number of benzene rings is 1. The molecule has 1 aromatic rings. The van der Waals surface area contributed by atoms with E-state index in [1.54, 1.807) is 0 Å². The van der Waals surface area contributed by atoms with Gasteiger partial charge in [-0.3, -0.25) is 0 Å². The van der Waals surface area contributed by atoms with Crippen molar-refractivity contribution in [1.29, 1.82) is 0 Å². The van der Waals surface area contributed by atoms with Crippen molar-refractivity contribution in [2.75, 3.05) is 0 Å². The summed E-state index contributed by atoms with van der Waals surface area (Å²) in [5.74, 6) is 0.549. The van der Waals surface area contributed by atoms with Crippen LogP contribution in [0, 0.1) is 10.8 Å². The van der Waals surface area contributed by atoms with Gasteiger partial charge in [0.15, 0.2) is 0 Å². The van der Waals surface area contributed by atoms with Crippen LogP contribution in [0.1, 0.15) is 58.6 Å². The highest BCUT2D eigenvalue weighted by Gasteiger charge is 2.35. The zero-order valence-corrected chi connectivity index (χ0v) is 12.0. The van der Waals surface area contributed by atoms with Crippen molar-refractivity contribution in [1.82, 2.24) is 0 Å². The van der Waals surface area contributed by atoms with Crippen LogP contribution in [-0.4, -0.2) is 0 Å². The molecule has 0 aromatic heterocycles. The smallest absolute Gasteiger partial charge is 0.00788 e. The maximum Gasteiger partial charge on any atom is 0.00788 e. The molecule has 1 aliphatic carbocycles. The summed E-state index contributed by atoms with van der Waals surface area (Å²) in [7, 11) is 0. The molecule has 0 heterocycles. The van der Waals surface area contributed by atoms with E-state index in [0.717, 1.165) is 0 Å². The maximum atomic E-state index is 2.49. The Hall–Kier alpha value is -1.04. The average molecular weight is 228 g/mol. The van der Waals surface area contributed by atoms with Crippen molar-refractivity contribution >= 4 is 5.57 Å². The van der Waals surface area contributed by atoms with Crippen molar-refractivity contribution < 1.29 is 0 Å². The molecule has 0 saturated heterocycles. The largest absolute Gasteiger partial charge is 0.0721 e. The minimum atomic E-state index is 0.232.